The Kier molecular flexibility index (Phi) is 68.2. The zero-order valence-corrected chi connectivity index (χ0v) is 56.9. The minimum atomic E-state index is 1.63. The van der Waals surface area contributed by atoms with Gasteiger partial charge in [-0.15, -0.1) is 0 Å². The summed E-state index contributed by atoms with van der Waals surface area (Å²) < 4.78 is 0. The molecule has 0 amide bonds. The molecule has 0 rings (SSSR count). The van der Waals surface area contributed by atoms with Crippen molar-refractivity contribution in [3.05, 3.63) is 0 Å². The number of nitriles is 1. The van der Waals surface area contributed by atoms with Gasteiger partial charge in [-0.2, -0.15) is 5.26 Å². The minimum Gasteiger partial charge on any atom is -0.183 e. The van der Waals surface area contributed by atoms with E-state index in [1.54, 1.807) is 13.0 Å². The quantitative estimate of drug-likeness (QED) is 0.329. The van der Waals surface area contributed by atoms with Crippen molar-refractivity contribution in [2.75, 3.05) is 0 Å². The van der Waals surface area contributed by atoms with Crippen LogP contribution in [0.1, 0.15) is 6.92 Å². The van der Waals surface area contributed by atoms with Crippen molar-refractivity contribution < 1.29 is 0 Å². The van der Waals surface area contributed by atoms with Crippen molar-refractivity contribution in [2.45, 2.75) is 6.92 Å². The SMILES string of the molecule is CC#CC#CC#CC#CC#CC#CC#CC#CC#CC#CC#CC#CC#CC#CC#CC#CC#CC#CC#CC#CC#CC#CC#CC#CC#CC#CC#CC#CC#CC#CC#CC#CC#CC#CC#CC#CC#CC#CC#CC#CC#CC#CC#CC#CC#CC#CC#CC#CC#CC#CC#CC#CC#CC#CC#CC#N. The first kappa shape index (κ1) is 88.3. The number of rotatable bonds is 0. The van der Waals surface area contributed by atoms with E-state index < -0.39 is 0 Å². The van der Waals surface area contributed by atoms with Gasteiger partial charge in [0.05, 0.1) is 0 Å². The van der Waals surface area contributed by atoms with E-state index in [1.807, 2.05) is 0 Å². The van der Waals surface area contributed by atoms with Gasteiger partial charge in [-0.25, -0.2) is 0 Å². The molecular formula is C112H3N. The Morgan fingerprint density at radius 1 is 0.0708 bits per heavy atom. The van der Waals surface area contributed by atoms with Crippen LogP contribution < -0.4 is 0 Å². The standard InChI is InChI=1S/C112H3N/c1-2-3-4-5-6-7-8-9-10-11-12-13-14-15-16-17-18-19-20-21-22-23-24-25-26-27-28-29-30-31-32-33-34-35-36-37-38-39-40-41-42-43-44-45-46-47-48-49-50-51-52-53-54-55-56-57-58-59-60-61-62-63-64-65-66-67-68-69-70-71-72-73-74-75-76-77-78-79-80-81-82-83-84-85-86-87-88-89-90-91-92-93-94-95-96-97-98-99-100-101-102-103-104-105-106-107-108-109-110-111-112-113/h1H3. The van der Waals surface area contributed by atoms with Crippen LogP contribution in [0.5, 0.6) is 0 Å². The predicted octanol–water partition coefficient (Wildman–Crippen LogP) is 0.717. The maximum Gasteiger partial charge on any atom is 0.153 e. The lowest BCUT2D eigenvalue weighted by Crippen LogP contribution is -1.57. The van der Waals surface area contributed by atoms with E-state index in [-0.39, 0.29) is 0 Å². The van der Waals surface area contributed by atoms with E-state index >= 15 is 0 Å². The summed E-state index contributed by atoms with van der Waals surface area (Å²) in [6.07, 6.45) is 0. The largest absolute Gasteiger partial charge is 0.183 e. The van der Waals surface area contributed by atoms with Crippen LogP contribution in [0.3, 0.4) is 0 Å². The molecule has 0 aliphatic heterocycles. The van der Waals surface area contributed by atoms with Gasteiger partial charge >= 0.3 is 0 Å². The molecule has 1 heteroatoms. The first-order chi connectivity index (χ1) is 56.4. The second kappa shape index (κ2) is 87.3. The van der Waals surface area contributed by atoms with Crippen molar-refractivity contribution in [1.82, 2.24) is 0 Å². The molecule has 0 aromatic rings. The third-order valence-electron chi connectivity index (χ3n) is 6.93. The molecule has 0 atom stereocenters. The molecule has 1 nitrogen and oxygen atoms in total. The maximum atomic E-state index is 8.23. The predicted molar refractivity (Wildman–Crippen MR) is 439 cm³/mol. The monoisotopic (exact) mass is 1360 g/mol. The Morgan fingerprint density at radius 3 is 0.159 bits per heavy atom. The van der Waals surface area contributed by atoms with Crippen LogP contribution in [0.4, 0.5) is 0 Å². The van der Waals surface area contributed by atoms with Crippen LogP contribution in [0, 0.1) is 663 Å². The van der Waals surface area contributed by atoms with E-state index in [9.17, 15) is 0 Å². The lowest BCUT2D eigenvalue weighted by atomic mass is 10.4. The van der Waals surface area contributed by atoms with Crippen molar-refractivity contribution >= 4 is 0 Å². The zero-order chi connectivity index (χ0) is 80.5. The summed E-state index contributed by atoms with van der Waals surface area (Å²) in [7, 11) is 0. The van der Waals surface area contributed by atoms with Gasteiger partial charge in [0.25, 0.3) is 0 Å². The fourth-order valence-corrected chi connectivity index (χ4v) is 3.43. The van der Waals surface area contributed by atoms with Crippen LogP contribution in [0.2, 0.25) is 0 Å². The summed E-state index contributed by atoms with van der Waals surface area (Å²) in [6.45, 7) is 1.68. The van der Waals surface area contributed by atoms with Gasteiger partial charge in [-0.3, -0.25) is 0 Å². The second-order valence-electron chi connectivity index (χ2n) is 14.0. The van der Waals surface area contributed by atoms with Crippen LogP contribution in [-0.2, 0) is 0 Å². The zero-order valence-electron chi connectivity index (χ0n) is 56.9. The molecule has 0 aromatic heterocycles. The molecule has 0 fully saturated rings. The van der Waals surface area contributed by atoms with Crippen LogP contribution in [0.15, 0.2) is 0 Å². The number of hydrogen-bond donors (Lipinski definition) is 0. The molecule has 0 saturated carbocycles. The van der Waals surface area contributed by atoms with Gasteiger partial charge < -0.3 is 0 Å². The Balaban J connectivity index is 4.64. The van der Waals surface area contributed by atoms with Crippen LogP contribution in [-0.4, -0.2) is 0 Å². The molecule has 0 aliphatic carbocycles. The molecule has 0 N–H and O–H groups in total. The molecule has 0 aliphatic rings. The third-order valence-corrected chi connectivity index (χ3v) is 6.93. The molecular weight excluding hydrogens is 1360 g/mol. The van der Waals surface area contributed by atoms with E-state index in [1.165, 1.54) is 0 Å². The van der Waals surface area contributed by atoms with E-state index in [4.69, 9.17) is 5.26 Å². The average Bonchev–Trinajstić information content (AvgIpc) is 3.32. The normalized spacial score (nSPS) is 3.96. The highest BCUT2D eigenvalue weighted by Crippen LogP contribution is 1.68. The van der Waals surface area contributed by atoms with Crippen molar-refractivity contribution in [3.8, 4) is 657 Å². The average molecular weight is 1360 g/mol. The van der Waals surface area contributed by atoms with Gasteiger partial charge in [0.15, 0.2) is 6.07 Å². The lowest BCUT2D eigenvalue weighted by molar-refractivity contribution is 1.55. The molecule has 0 radical (unpaired) electrons. The van der Waals surface area contributed by atoms with Crippen LogP contribution >= 0.6 is 0 Å². The smallest absolute Gasteiger partial charge is 0.153 e. The van der Waals surface area contributed by atoms with Gasteiger partial charge in [-0.1, -0.05) is 5.92 Å². The Labute approximate surface area is 665 Å². The second-order valence-corrected chi connectivity index (χ2v) is 14.0. The van der Waals surface area contributed by atoms with Crippen LogP contribution in [0.25, 0.3) is 0 Å². The number of hydrogen-bond acceptors (Lipinski definition) is 1. The molecule has 0 aromatic carbocycles. The van der Waals surface area contributed by atoms with E-state index in [0.717, 1.165) is 0 Å². The van der Waals surface area contributed by atoms with Gasteiger partial charge in [0.2, 0.25) is 0 Å². The van der Waals surface area contributed by atoms with E-state index in [0.29, 0.717) is 0 Å². The first-order valence-corrected chi connectivity index (χ1v) is 28.2. The molecule has 0 heterocycles. The highest BCUT2D eigenvalue weighted by Gasteiger charge is 1.68. The Bertz CT molecular complexity index is 8000. The Hall–Kier alpha value is -24.7. The topological polar surface area (TPSA) is 23.8 Å². The van der Waals surface area contributed by atoms with Gasteiger partial charge in [-0.05, 0) is 54.3 Å². The van der Waals surface area contributed by atoms with Crippen molar-refractivity contribution in [2.24, 2.45) is 0 Å². The molecule has 456 valence electrons. The van der Waals surface area contributed by atoms with E-state index in [2.05, 4.69) is 651 Å². The third kappa shape index (κ3) is 87.3. The lowest BCUT2D eigenvalue weighted by Gasteiger charge is -1.58. The molecule has 113 heavy (non-hydrogen) atoms. The summed E-state index contributed by atoms with van der Waals surface area (Å²) in [5, 5.41) is 8.23. The Morgan fingerprint density at radius 2 is 0.115 bits per heavy atom. The molecule has 0 spiro atoms. The highest BCUT2D eigenvalue weighted by atomic mass is 14.2. The first-order valence-electron chi connectivity index (χ1n) is 28.2. The minimum absolute atomic E-state index is 1.63. The fraction of sp³-hybridized carbons (Fsp3) is 0.00893. The van der Waals surface area contributed by atoms with Crippen molar-refractivity contribution in [1.29, 1.82) is 5.26 Å². The van der Waals surface area contributed by atoms with Gasteiger partial charge in [0.1, 0.15) is 0 Å². The maximum absolute atomic E-state index is 8.23. The van der Waals surface area contributed by atoms with Gasteiger partial charge in [0, 0.05) is 598 Å². The summed E-state index contributed by atoms with van der Waals surface area (Å²) in [6, 6.07) is 1.63. The summed E-state index contributed by atoms with van der Waals surface area (Å²) in [4.78, 5) is 0. The highest BCUT2D eigenvalue weighted by molar-refractivity contribution is 5.57. The molecule has 0 unspecified atom stereocenters. The summed E-state index contributed by atoms with van der Waals surface area (Å²) in [5.74, 6) is 274. The number of nitrogens with zero attached hydrogens (tertiary/aromatic N) is 1. The fourth-order valence-electron chi connectivity index (χ4n) is 3.43. The summed E-state index contributed by atoms with van der Waals surface area (Å²) in [5.41, 5.74) is 0. The molecule has 0 bridgehead atoms. The molecule has 0 saturated heterocycles. The van der Waals surface area contributed by atoms with Crippen molar-refractivity contribution in [3.63, 3.8) is 0 Å². The summed E-state index contributed by atoms with van der Waals surface area (Å²) >= 11 is 0.